The van der Waals surface area contributed by atoms with E-state index >= 15 is 0 Å². The van der Waals surface area contributed by atoms with E-state index in [-0.39, 0.29) is 31.5 Å². The van der Waals surface area contributed by atoms with Gasteiger partial charge in [0.15, 0.2) is 0 Å². The third kappa shape index (κ3) is 3.91. The number of ether oxygens (including phenoxy) is 1. The number of benzene rings is 1. The zero-order chi connectivity index (χ0) is 15.6. The van der Waals surface area contributed by atoms with Crippen molar-refractivity contribution in [1.82, 2.24) is 4.98 Å². The topological polar surface area (TPSA) is 68.3 Å². The Kier molecular flexibility index (Phi) is 4.83. The number of anilines is 1. The molecule has 112 valence electrons. The van der Waals surface area contributed by atoms with Crippen LogP contribution in [0.25, 0.3) is 0 Å². The molecule has 0 radical (unpaired) electrons. The van der Waals surface area contributed by atoms with Gasteiger partial charge in [-0.05, 0) is 18.2 Å². The molecule has 1 heterocycles. The average Bonchev–Trinajstić information content (AvgIpc) is 2.39. The van der Waals surface area contributed by atoms with E-state index in [0.717, 1.165) is 0 Å². The molecular formula is C12H9Cl3N2O3S. The van der Waals surface area contributed by atoms with Gasteiger partial charge in [-0.15, -0.1) is 0 Å². The van der Waals surface area contributed by atoms with Crippen LogP contribution < -0.4 is 9.46 Å². The third-order valence-electron chi connectivity index (χ3n) is 2.44. The summed E-state index contributed by atoms with van der Waals surface area (Å²) in [6.07, 6.45) is 1.25. The van der Waals surface area contributed by atoms with Crippen molar-refractivity contribution in [3.05, 3.63) is 45.7 Å². The van der Waals surface area contributed by atoms with Gasteiger partial charge in [0, 0.05) is 16.1 Å². The van der Waals surface area contributed by atoms with Crippen LogP contribution in [-0.2, 0) is 10.0 Å². The minimum absolute atomic E-state index is 0.0722. The van der Waals surface area contributed by atoms with Gasteiger partial charge in [-0.25, -0.2) is 13.4 Å². The lowest BCUT2D eigenvalue weighted by molar-refractivity contribution is 0.416. The first-order chi connectivity index (χ1) is 9.81. The largest absolute Gasteiger partial charge is 0.494 e. The Morgan fingerprint density at radius 1 is 1.10 bits per heavy atom. The number of sulfonamides is 1. The minimum Gasteiger partial charge on any atom is -0.494 e. The van der Waals surface area contributed by atoms with Crippen LogP contribution in [0.3, 0.4) is 0 Å². The van der Waals surface area contributed by atoms with Crippen molar-refractivity contribution >= 4 is 50.5 Å². The second kappa shape index (κ2) is 6.27. The molecule has 0 saturated carbocycles. The van der Waals surface area contributed by atoms with Crippen LogP contribution >= 0.6 is 34.8 Å². The molecule has 0 spiro atoms. The normalized spacial score (nSPS) is 11.2. The standard InChI is InChI=1S/C12H9Cl3N2O3S/c1-20-11-5-12(15)16-6-10(11)17-21(18,19)9-3-7(13)2-8(14)4-9/h2-6,17H,1H3. The van der Waals surface area contributed by atoms with Gasteiger partial charge < -0.3 is 4.74 Å². The summed E-state index contributed by atoms with van der Waals surface area (Å²) in [7, 11) is -2.50. The first-order valence-corrected chi connectivity index (χ1v) is 8.12. The van der Waals surface area contributed by atoms with Crippen molar-refractivity contribution in [2.45, 2.75) is 4.90 Å². The molecule has 0 unspecified atom stereocenters. The Balaban J connectivity index is 2.42. The van der Waals surface area contributed by atoms with E-state index in [9.17, 15) is 8.42 Å². The maximum Gasteiger partial charge on any atom is 0.262 e. The average molecular weight is 368 g/mol. The van der Waals surface area contributed by atoms with Crippen LogP contribution in [0.2, 0.25) is 15.2 Å². The maximum absolute atomic E-state index is 12.3. The quantitative estimate of drug-likeness (QED) is 0.833. The van der Waals surface area contributed by atoms with Crippen LogP contribution in [0.15, 0.2) is 35.4 Å². The van der Waals surface area contributed by atoms with Gasteiger partial charge in [-0.2, -0.15) is 0 Å². The van der Waals surface area contributed by atoms with Gasteiger partial charge in [0.1, 0.15) is 16.6 Å². The molecule has 0 saturated heterocycles. The lowest BCUT2D eigenvalue weighted by Gasteiger charge is -2.12. The van der Waals surface area contributed by atoms with Gasteiger partial charge in [0.05, 0.1) is 18.2 Å². The zero-order valence-corrected chi connectivity index (χ0v) is 13.7. The molecule has 2 aromatic rings. The number of rotatable bonds is 4. The molecule has 0 aliphatic carbocycles. The molecule has 0 atom stereocenters. The van der Waals surface area contributed by atoms with Crippen LogP contribution in [0.4, 0.5) is 5.69 Å². The van der Waals surface area contributed by atoms with E-state index in [1.807, 2.05) is 0 Å². The molecule has 21 heavy (non-hydrogen) atoms. The van der Waals surface area contributed by atoms with Crippen molar-refractivity contribution in [3.8, 4) is 5.75 Å². The molecule has 0 amide bonds. The molecule has 0 bridgehead atoms. The first-order valence-electron chi connectivity index (χ1n) is 5.50. The van der Waals surface area contributed by atoms with Crippen molar-refractivity contribution in [1.29, 1.82) is 0 Å². The van der Waals surface area contributed by atoms with Crippen LogP contribution in [0, 0.1) is 0 Å². The smallest absolute Gasteiger partial charge is 0.262 e. The van der Waals surface area contributed by atoms with Gasteiger partial charge >= 0.3 is 0 Å². The molecule has 0 aliphatic heterocycles. The van der Waals surface area contributed by atoms with Crippen molar-refractivity contribution in [2.75, 3.05) is 11.8 Å². The fourth-order valence-electron chi connectivity index (χ4n) is 1.55. The molecule has 1 N–H and O–H groups in total. The van der Waals surface area contributed by atoms with Crippen LogP contribution in [0.5, 0.6) is 5.75 Å². The lowest BCUT2D eigenvalue weighted by Crippen LogP contribution is -2.14. The van der Waals surface area contributed by atoms with E-state index in [2.05, 4.69) is 9.71 Å². The Bertz CT molecular complexity index is 761. The van der Waals surface area contributed by atoms with Gasteiger partial charge in [0.25, 0.3) is 10.0 Å². The number of halogens is 3. The summed E-state index contributed by atoms with van der Waals surface area (Å²) in [5.74, 6) is 0.242. The minimum atomic E-state index is -3.89. The Hall–Kier alpha value is -1.21. The number of aromatic nitrogens is 1. The third-order valence-corrected chi connectivity index (χ3v) is 4.43. The monoisotopic (exact) mass is 366 g/mol. The summed E-state index contributed by atoms with van der Waals surface area (Å²) >= 11 is 17.3. The highest BCUT2D eigenvalue weighted by atomic mass is 35.5. The molecule has 5 nitrogen and oxygen atoms in total. The summed E-state index contributed by atoms with van der Waals surface area (Å²) in [6.45, 7) is 0. The van der Waals surface area contributed by atoms with E-state index in [0.29, 0.717) is 0 Å². The molecule has 0 aliphatic rings. The highest BCUT2D eigenvalue weighted by molar-refractivity contribution is 7.92. The Morgan fingerprint density at radius 2 is 1.71 bits per heavy atom. The molecular weight excluding hydrogens is 359 g/mol. The number of hydrogen-bond acceptors (Lipinski definition) is 4. The van der Waals surface area contributed by atoms with Crippen molar-refractivity contribution in [2.24, 2.45) is 0 Å². The summed E-state index contributed by atoms with van der Waals surface area (Å²) in [5, 5.41) is 0.605. The summed E-state index contributed by atoms with van der Waals surface area (Å²) in [5.41, 5.74) is 0.151. The SMILES string of the molecule is COc1cc(Cl)ncc1NS(=O)(=O)c1cc(Cl)cc(Cl)c1. The number of pyridine rings is 1. The fraction of sp³-hybridized carbons (Fsp3) is 0.0833. The number of methoxy groups -OCH3 is 1. The Morgan fingerprint density at radius 3 is 2.29 bits per heavy atom. The summed E-state index contributed by atoms with van der Waals surface area (Å²) in [6, 6.07) is 5.40. The molecule has 9 heteroatoms. The first kappa shape index (κ1) is 16.2. The second-order valence-corrected chi connectivity index (χ2v) is 6.86. The molecule has 1 aromatic heterocycles. The number of nitrogens with zero attached hydrogens (tertiary/aromatic N) is 1. The van der Waals surface area contributed by atoms with Crippen LogP contribution in [-0.4, -0.2) is 20.5 Å². The predicted octanol–water partition coefficient (Wildman–Crippen LogP) is 3.85. The van der Waals surface area contributed by atoms with Gasteiger partial charge in [-0.1, -0.05) is 34.8 Å². The van der Waals surface area contributed by atoms with E-state index < -0.39 is 10.0 Å². The zero-order valence-electron chi connectivity index (χ0n) is 10.6. The van der Waals surface area contributed by atoms with Crippen molar-refractivity contribution in [3.63, 3.8) is 0 Å². The lowest BCUT2D eigenvalue weighted by atomic mass is 10.4. The summed E-state index contributed by atoms with van der Waals surface area (Å²) in [4.78, 5) is 3.73. The highest BCUT2D eigenvalue weighted by Crippen LogP contribution is 2.29. The fourth-order valence-corrected chi connectivity index (χ4v) is 3.47. The second-order valence-electron chi connectivity index (χ2n) is 3.92. The molecule has 2 rings (SSSR count). The number of hydrogen-bond donors (Lipinski definition) is 1. The van der Waals surface area contributed by atoms with Crippen LogP contribution in [0.1, 0.15) is 0 Å². The van der Waals surface area contributed by atoms with E-state index in [4.69, 9.17) is 39.5 Å². The van der Waals surface area contributed by atoms with Gasteiger partial charge in [-0.3, -0.25) is 4.72 Å². The predicted molar refractivity (Wildman–Crippen MR) is 83.1 cm³/mol. The van der Waals surface area contributed by atoms with Gasteiger partial charge in [0.2, 0.25) is 0 Å². The van der Waals surface area contributed by atoms with Crippen molar-refractivity contribution < 1.29 is 13.2 Å². The number of nitrogens with one attached hydrogen (secondary N) is 1. The maximum atomic E-state index is 12.3. The Labute approximate surface area is 136 Å². The molecule has 0 fully saturated rings. The highest BCUT2D eigenvalue weighted by Gasteiger charge is 2.18. The summed E-state index contributed by atoms with van der Waals surface area (Å²) < 4.78 is 32.0. The molecule has 1 aromatic carbocycles. The van der Waals surface area contributed by atoms with E-state index in [1.165, 1.54) is 37.6 Å². The van der Waals surface area contributed by atoms with E-state index in [1.54, 1.807) is 0 Å².